The summed E-state index contributed by atoms with van der Waals surface area (Å²) in [5, 5.41) is 23.3. The van der Waals surface area contributed by atoms with Crippen LogP contribution in [-0.4, -0.2) is 47.4 Å². The van der Waals surface area contributed by atoms with Gasteiger partial charge in [0.15, 0.2) is 0 Å². The Hall–Kier alpha value is -1.66. The summed E-state index contributed by atoms with van der Waals surface area (Å²) in [4.78, 5) is 24.6. The molecule has 0 radical (unpaired) electrons. The van der Waals surface area contributed by atoms with E-state index < -0.39 is 12.1 Å². The molecule has 0 aromatic heterocycles. The van der Waals surface area contributed by atoms with Crippen LogP contribution in [0.15, 0.2) is 24.3 Å². The number of hydrogen-bond donors (Lipinski definition) is 3. The molecule has 0 bridgehead atoms. The predicted octanol–water partition coefficient (Wildman–Crippen LogP) is 24.1. The number of ether oxygens (including phenoxy) is 1. The van der Waals surface area contributed by atoms with Crippen LogP contribution in [0.25, 0.3) is 0 Å². The molecule has 0 aromatic rings. The number of amides is 1. The molecule has 3 N–H and O–H groups in total. The van der Waals surface area contributed by atoms with Gasteiger partial charge in [-0.2, -0.15) is 0 Å². The number of nitrogens with one attached hydrogen (secondary N) is 1. The highest BCUT2D eigenvalue weighted by atomic mass is 16.5. The van der Waals surface area contributed by atoms with E-state index in [4.69, 9.17) is 4.74 Å². The molecular formula is C75H145NO5. The van der Waals surface area contributed by atoms with Gasteiger partial charge in [0, 0.05) is 12.8 Å². The van der Waals surface area contributed by atoms with E-state index in [9.17, 15) is 19.8 Å². The third-order valence-electron chi connectivity index (χ3n) is 17.5. The molecule has 0 aliphatic carbocycles. The maximum atomic E-state index is 12.5. The highest BCUT2D eigenvalue weighted by Crippen LogP contribution is 2.19. The fraction of sp³-hybridized carbons (Fsp3) is 0.920. The monoisotopic (exact) mass is 1140 g/mol. The van der Waals surface area contributed by atoms with Crippen molar-refractivity contribution in [2.45, 2.75) is 431 Å². The Morgan fingerprint density at radius 3 is 0.938 bits per heavy atom. The van der Waals surface area contributed by atoms with Gasteiger partial charge in [-0.25, -0.2) is 0 Å². The number of aliphatic hydroxyl groups excluding tert-OH is 2. The van der Waals surface area contributed by atoms with Crippen LogP contribution in [-0.2, 0) is 14.3 Å². The van der Waals surface area contributed by atoms with E-state index in [2.05, 4.69) is 43.5 Å². The zero-order chi connectivity index (χ0) is 58.5. The van der Waals surface area contributed by atoms with E-state index in [-0.39, 0.29) is 18.5 Å². The quantitative estimate of drug-likeness (QED) is 0.0320. The smallest absolute Gasteiger partial charge is 0.305 e. The van der Waals surface area contributed by atoms with Crippen LogP contribution >= 0.6 is 0 Å². The molecule has 2 atom stereocenters. The Bertz CT molecular complexity index is 1270. The highest BCUT2D eigenvalue weighted by molar-refractivity contribution is 5.76. The molecule has 6 nitrogen and oxygen atoms in total. The van der Waals surface area contributed by atoms with Crippen LogP contribution in [0.3, 0.4) is 0 Å². The van der Waals surface area contributed by atoms with Gasteiger partial charge in [-0.15, -0.1) is 0 Å². The minimum Gasteiger partial charge on any atom is -0.466 e. The number of allylic oxidation sites excluding steroid dienone is 4. The molecule has 81 heavy (non-hydrogen) atoms. The molecule has 0 fully saturated rings. The van der Waals surface area contributed by atoms with Crippen LogP contribution in [0.5, 0.6) is 0 Å². The average Bonchev–Trinajstić information content (AvgIpc) is 3.47. The number of hydrogen-bond acceptors (Lipinski definition) is 5. The van der Waals surface area contributed by atoms with Gasteiger partial charge < -0.3 is 20.3 Å². The summed E-state index contributed by atoms with van der Waals surface area (Å²) >= 11 is 0. The van der Waals surface area contributed by atoms with Gasteiger partial charge >= 0.3 is 5.97 Å². The lowest BCUT2D eigenvalue weighted by molar-refractivity contribution is -0.143. The lowest BCUT2D eigenvalue weighted by Gasteiger charge is -2.22. The van der Waals surface area contributed by atoms with E-state index in [0.717, 1.165) is 44.9 Å². The molecule has 6 heteroatoms. The van der Waals surface area contributed by atoms with Crippen molar-refractivity contribution in [2.24, 2.45) is 0 Å². The first-order valence-corrected chi connectivity index (χ1v) is 37.1. The van der Waals surface area contributed by atoms with Crippen molar-refractivity contribution in [3.8, 4) is 0 Å². The van der Waals surface area contributed by atoms with Gasteiger partial charge in [0.05, 0.1) is 25.4 Å². The Morgan fingerprint density at radius 1 is 0.346 bits per heavy atom. The van der Waals surface area contributed by atoms with Crippen LogP contribution < -0.4 is 5.32 Å². The summed E-state index contributed by atoms with van der Waals surface area (Å²) < 4.78 is 5.50. The van der Waals surface area contributed by atoms with Crippen LogP contribution in [0.2, 0.25) is 0 Å². The van der Waals surface area contributed by atoms with Crippen molar-refractivity contribution < 1.29 is 24.5 Å². The minimum atomic E-state index is -0.661. The van der Waals surface area contributed by atoms with Crippen LogP contribution in [0, 0.1) is 0 Å². The standard InChI is InChI=1S/C75H145NO5/c1-3-5-7-9-11-13-15-17-18-41-45-49-53-57-61-65-69-75(80)81-70-66-62-58-54-50-46-42-39-37-35-33-31-29-27-25-23-21-19-20-22-24-26-28-30-32-34-36-38-40-44-48-52-56-60-64-68-74(79)76-72(71-77)73(78)67-63-59-55-51-47-43-16-14-12-10-8-6-4-2/h21,23,27,29,72-73,77-78H,3-20,22,24-26,28,30-71H2,1-2H3,(H,76,79)/b23-21-,29-27-. The van der Waals surface area contributed by atoms with E-state index in [1.807, 2.05) is 0 Å². The summed E-state index contributed by atoms with van der Waals surface area (Å²) in [7, 11) is 0. The highest BCUT2D eigenvalue weighted by Gasteiger charge is 2.20. The summed E-state index contributed by atoms with van der Waals surface area (Å²) in [6.45, 7) is 4.99. The SMILES string of the molecule is CCCCCCCCCCCCCCCCCCC(=O)OCCCCCCCCCCCCC/C=C\C/C=C\CCCCCCCCCCCCCCCCCCCC(=O)NC(CO)C(O)CCCCCCCCCCCCCCC. The first-order valence-electron chi connectivity index (χ1n) is 37.1. The predicted molar refractivity (Wildman–Crippen MR) is 356 cm³/mol. The normalized spacial score (nSPS) is 12.6. The van der Waals surface area contributed by atoms with E-state index >= 15 is 0 Å². The van der Waals surface area contributed by atoms with E-state index in [1.165, 1.54) is 340 Å². The molecule has 0 saturated heterocycles. The fourth-order valence-electron chi connectivity index (χ4n) is 11.9. The molecule has 2 unspecified atom stereocenters. The van der Waals surface area contributed by atoms with Crippen molar-refractivity contribution in [2.75, 3.05) is 13.2 Å². The molecule has 1 amide bonds. The molecule has 0 spiro atoms. The van der Waals surface area contributed by atoms with Crippen molar-refractivity contribution >= 4 is 11.9 Å². The van der Waals surface area contributed by atoms with Crippen molar-refractivity contribution in [1.82, 2.24) is 5.32 Å². The lowest BCUT2D eigenvalue weighted by Crippen LogP contribution is -2.45. The summed E-state index contributed by atoms with van der Waals surface area (Å²) in [5.41, 5.74) is 0. The number of carbonyl (C=O) groups excluding carboxylic acids is 2. The van der Waals surface area contributed by atoms with Crippen molar-refractivity contribution in [3.63, 3.8) is 0 Å². The number of aliphatic hydroxyl groups is 2. The van der Waals surface area contributed by atoms with Crippen LogP contribution in [0.4, 0.5) is 0 Å². The Balaban J connectivity index is 3.34. The van der Waals surface area contributed by atoms with Crippen molar-refractivity contribution in [3.05, 3.63) is 24.3 Å². The Labute approximate surface area is 507 Å². The Kier molecular flexibility index (Phi) is 69.4. The molecule has 0 aliphatic heterocycles. The number of esters is 1. The van der Waals surface area contributed by atoms with Gasteiger partial charge in [-0.1, -0.05) is 372 Å². The van der Waals surface area contributed by atoms with Gasteiger partial charge in [0.2, 0.25) is 5.91 Å². The summed E-state index contributed by atoms with van der Waals surface area (Å²) in [5.74, 6) is -0.00937. The topological polar surface area (TPSA) is 95.9 Å². The largest absolute Gasteiger partial charge is 0.466 e. The zero-order valence-corrected chi connectivity index (χ0v) is 55.0. The molecule has 0 heterocycles. The summed E-state index contributed by atoms with van der Waals surface area (Å²) in [6.07, 6.45) is 89.7. The number of rotatable bonds is 70. The first-order chi connectivity index (χ1) is 40.0. The fourth-order valence-corrected chi connectivity index (χ4v) is 11.9. The average molecular weight is 1140 g/mol. The van der Waals surface area contributed by atoms with E-state index in [0.29, 0.717) is 25.9 Å². The van der Waals surface area contributed by atoms with Gasteiger partial charge in [-0.05, 0) is 57.8 Å². The lowest BCUT2D eigenvalue weighted by atomic mass is 10.0. The maximum absolute atomic E-state index is 12.5. The molecule has 0 aliphatic rings. The summed E-state index contributed by atoms with van der Waals surface area (Å²) in [6, 6.07) is -0.539. The van der Waals surface area contributed by atoms with Crippen molar-refractivity contribution in [1.29, 1.82) is 0 Å². The second-order valence-corrected chi connectivity index (χ2v) is 25.6. The zero-order valence-electron chi connectivity index (χ0n) is 55.0. The third kappa shape index (κ3) is 67.3. The molecule has 0 saturated carbocycles. The minimum absolute atomic E-state index is 0.0210. The Morgan fingerprint density at radius 2 is 0.617 bits per heavy atom. The van der Waals surface area contributed by atoms with Gasteiger partial charge in [0.25, 0.3) is 0 Å². The molecule has 0 rings (SSSR count). The number of unbranched alkanes of at least 4 members (excludes halogenated alkanes) is 55. The first kappa shape index (κ1) is 79.3. The second-order valence-electron chi connectivity index (χ2n) is 25.6. The van der Waals surface area contributed by atoms with E-state index in [1.54, 1.807) is 0 Å². The van der Waals surface area contributed by atoms with Gasteiger partial charge in [0.1, 0.15) is 0 Å². The number of carbonyl (C=O) groups is 2. The molecule has 480 valence electrons. The van der Waals surface area contributed by atoms with Gasteiger partial charge in [-0.3, -0.25) is 9.59 Å². The maximum Gasteiger partial charge on any atom is 0.305 e. The van der Waals surface area contributed by atoms with Crippen LogP contribution in [0.1, 0.15) is 418 Å². The molecule has 0 aromatic carbocycles. The third-order valence-corrected chi connectivity index (χ3v) is 17.5. The second kappa shape index (κ2) is 70.8. The molecular weight excluding hydrogens is 995 g/mol.